The van der Waals surface area contributed by atoms with Crippen LogP contribution in [0.4, 0.5) is 0 Å². The number of alkyl halides is 1. The highest BCUT2D eigenvalue weighted by atomic mass is 127. The van der Waals surface area contributed by atoms with E-state index in [9.17, 15) is 9.59 Å². The second kappa shape index (κ2) is 5.34. The van der Waals surface area contributed by atoms with E-state index in [0.29, 0.717) is 4.43 Å². The summed E-state index contributed by atoms with van der Waals surface area (Å²) in [6.45, 7) is 3.63. The second-order valence-corrected chi connectivity index (χ2v) is 6.72. The molecule has 0 saturated carbocycles. The van der Waals surface area contributed by atoms with Gasteiger partial charge in [-0.15, -0.1) is 0 Å². The average Bonchev–Trinajstić information content (AvgIpc) is 2.87. The zero-order chi connectivity index (χ0) is 15.4. The molecular formula is C12H14ClIN2O5. The lowest BCUT2D eigenvalue weighted by Gasteiger charge is -2.24. The Morgan fingerprint density at radius 2 is 2.05 bits per heavy atom. The van der Waals surface area contributed by atoms with Crippen molar-refractivity contribution < 1.29 is 14.2 Å². The monoisotopic (exact) mass is 428 g/mol. The summed E-state index contributed by atoms with van der Waals surface area (Å²) in [4.78, 5) is 25.5. The van der Waals surface area contributed by atoms with Crippen molar-refractivity contribution >= 4 is 34.2 Å². The quantitative estimate of drug-likeness (QED) is 0.562. The third kappa shape index (κ3) is 2.67. The number of rotatable bonds is 2. The molecule has 0 aliphatic carbocycles. The zero-order valence-electron chi connectivity index (χ0n) is 11.3. The predicted molar refractivity (Wildman–Crippen MR) is 83.0 cm³/mol. The molecule has 1 aromatic heterocycles. The van der Waals surface area contributed by atoms with Gasteiger partial charge < -0.3 is 14.2 Å². The standard InChI is InChI=1S/C12H14ClIN2O5/c1-12(2)20-7-6(3-14)19-10(8(7)21-12)16-4-5(13)9(17)15-11(16)18/h4,6-8,10H,3H2,1-2H3,(H,15,17,18)/t6-,7-,8?,10-/m1/s1. The number of aromatic amines is 1. The molecule has 1 N–H and O–H groups in total. The van der Waals surface area contributed by atoms with Gasteiger partial charge in [-0.05, 0) is 13.8 Å². The van der Waals surface area contributed by atoms with Crippen LogP contribution in [0.5, 0.6) is 0 Å². The number of hydrogen-bond acceptors (Lipinski definition) is 5. The van der Waals surface area contributed by atoms with Crippen LogP contribution >= 0.6 is 34.2 Å². The molecule has 1 aromatic rings. The normalized spacial score (nSPS) is 34.1. The smallest absolute Gasteiger partial charge is 0.330 e. The van der Waals surface area contributed by atoms with Crippen molar-refractivity contribution in [3.63, 3.8) is 0 Å². The molecule has 4 atom stereocenters. The number of ether oxygens (including phenoxy) is 3. The van der Waals surface area contributed by atoms with Gasteiger partial charge in [-0.3, -0.25) is 14.3 Å². The van der Waals surface area contributed by atoms with E-state index in [2.05, 4.69) is 27.6 Å². The number of H-pyrrole nitrogens is 1. The maximum absolute atomic E-state index is 12.0. The maximum Gasteiger partial charge on any atom is 0.330 e. The van der Waals surface area contributed by atoms with Crippen LogP contribution in [0.2, 0.25) is 5.02 Å². The van der Waals surface area contributed by atoms with Crippen LogP contribution < -0.4 is 11.2 Å². The Morgan fingerprint density at radius 1 is 1.38 bits per heavy atom. The highest BCUT2D eigenvalue weighted by Crippen LogP contribution is 2.43. The molecule has 0 spiro atoms. The average molecular weight is 429 g/mol. The fourth-order valence-electron chi connectivity index (χ4n) is 2.66. The van der Waals surface area contributed by atoms with Gasteiger partial charge in [-0.1, -0.05) is 34.2 Å². The molecule has 7 nitrogen and oxygen atoms in total. The minimum Gasteiger partial charge on any atom is -0.348 e. The van der Waals surface area contributed by atoms with Crippen LogP contribution in [0, 0.1) is 0 Å². The third-order valence-electron chi connectivity index (χ3n) is 3.48. The molecule has 3 rings (SSSR count). The Morgan fingerprint density at radius 3 is 2.71 bits per heavy atom. The lowest BCUT2D eigenvalue weighted by molar-refractivity contribution is -0.194. The van der Waals surface area contributed by atoms with E-state index in [1.165, 1.54) is 10.8 Å². The van der Waals surface area contributed by atoms with Crippen LogP contribution in [-0.2, 0) is 14.2 Å². The lowest BCUT2D eigenvalue weighted by Crippen LogP contribution is -2.37. The van der Waals surface area contributed by atoms with Crippen molar-refractivity contribution in [1.82, 2.24) is 9.55 Å². The minimum absolute atomic E-state index is 0.0779. The maximum atomic E-state index is 12.0. The summed E-state index contributed by atoms with van der Waals surface area (Å²) in [6.07, 6.45) is -0.299. The van der Waals surface area contributed by atoms with Gasteiger partial charge in [0.25, 0.3) is 5.56 Å². The van der Waals surface area contributed by atoms with Gasteiger partial charge in [0.15, 0.2) is 12.0 Å². The zero-order valence-corrected chi connectivity index (χ0v) is 14.3. The first-order chi connectivity index (χ1) is 9.82. The van der Waals surface area contributed by atoms with Crippen molar-refractivity contribution in [1.29, 1.82) is 0 Å². The van der Waals surface area contributed by atoms with Crippen molar-refractivity contribution in [3.05, 3.63) is 32.1 Å². The molecule has 2 aliphatic heterocycles. The number of aromatic nitrogens is 2. The molecule has 0 amide bonds. The summed E-state index contributed by atoms with van der Waals surface area (Å²) in [5, 5.41) is -0.0779. The van der Waals surface area contributed by atoms with Gasteiger partial charge in [-0.2, -0.15) is 0 Å². The van der Waals surface area contributed by atoms with E-state index < -0.39 is 29.4 Å². The lowest BCUT2D eigenvalue weighted by atomic mass is 10.1. The van der Waals surface area contributed by atoms with E-state index in [1.54, 1.807) is 0 Å². The van der Waals surface area contributed by atoms with Crippen LogP contribution in [0.25, 0.3) is 0 Å². The topological polar surface area (TPSA) is 82.6 Å². The van der Waals surface area contributed by atoms with E-state index in [0.717, 1.165) is 0 Å². The molecule has 21 heavy (non-hydrogen) atoms. The Bertz CT molecular complexity index is 672. The van der Waals surface area contributed by atoms with Crippen LogP contribution in [0.15, 0.2) is 15.8 Å². The number of halogens is 2. The van der Waals surface area contributed by atoms with E-state index in [1.807, 2.05) is 13.8 Å². The van der Waals surface area contributed by atoms with Gasteiger partial charge in [0.05, 0.1) is 6.10 Å². The molecule has 0 bridgehead atoms. The van der Waals surface area contributed by atoms with Crippen molar-refractivity contribution in [2.24, 2.45) is 0 Å². The number of hydrogen-bond donors (Lipinski definition) is 1. The first-order valence-corrected chi connectivity index (χ1v) is 8.31. The largest absolute Gasteiger partial charge is 0.348 e. The van der Waals surface area contributed by atoms with Gasteiger partial charge in [0, 0.05) is 10.6 Å². The Balaban J connectivity index is 2.01. The van der Waals surface area contributed by atoms with Gasteiger partial charge >= 0.3 is 5.69 Å². The van der Waals surface area contributed by atoms with Gasteiger partial charge in [0.1, 0.15) is 17.2 Å². The number of nitrogens with one attached hydrogen (secondary N) is 1. The second-order valence-electron chi connectivity index (χ2n) is 5.43. The Labute approximate surface area is 138 Å². The molecule has 2 saturated heterocycles. The SMILES string of the molecule is CC1(C)OC2[C@H](n3cc(Cl)c(=O)[nH]c3=O)O[C@H](CI)[C@H]2O1. The number of nitrogens with zero attached hydrogens (tertiary/aromatic N) is 1. The summed E-state index contributed by atoms with van der Waals surface area (Å²) >= 11 is 8.00. The van der Waals surface area contributed by atoms with Crippen LogP contribution in [-0.4, -0.2) is 38.1 Å². The fourth-order valence-corrected chi connectivity index (χ4v) is 3.52. The van der Waals surface area contributed by atoms with Crippen LogP contribution in [0.3, 0.4) is 0 Å². The first-order valence-electron chi connectivity index (χ1n) is 6.40. The summed E-state index contributed by atoms with van der Waals surface area (Å²) < 4.78 is 19.5. The summed E-state index contributed by atoms with van der Waals surface area (Å²) in [5.41, 5.74) is -1.21. The van der Waals surface area contributed by atoms with Crippen molar-refractivity contribution in [2.45, 2.75) is 44.2 Å². The molecular weight excluding hydrogens is 414 g/mol. The summed E-state index contributed by atoms with van der Waals surface area (Å²) in [5.74, 6) is -0.739. The molecule has 2 aliphatic rings. The van der Waals surface area contributed by atoms with Gasteiger partial charge in [-0.25, -0.2) is 4.79 Å². The Hall–Kier alpha value is -0.420. The molecule has 0 aromatic carbocycles. The van der Waals surface area contributed by atoms with E-state index >= 15 is 0 Å². The first kappa shape index (κ1) is 15.5. The molecule has 116 valence electrons. The summed E-state index contributed by atoms with van der Waals surface area (Å²) in [6, 6.07) is 0. The fraction of sp³-hybridized carbons (Fsp3) is 0.667. The molecule has 1 unspecified atom stereocenters. The Kier molecular flexibility index (Phi) is 3.93. The molecule has 3 heterocycles. The van der Waals surface area contributed by atoms with E-state index in [4.69, 9.17) is 25.8 Å². The van der Waals surface area contributed by atoms with Crippen molar-refractivity contribution in [3.8, 4) is 0 Å². The third-order valence-corrected chi connectivity index (χ3v) is 4.61. The predicted octanol–water partition coefficient (Wildman–Crippen LogP) is 1.04. The number of fused-ring (bicyclic) bond motifs is 1. The van der Waals surface area contributed by atoms with E-state index in [-0.39, 0.29) is 17.2 Å². The highest BCUT2D eigenvalue weighted by Gasteiger charge is 2.55. The van der Waals surface area contributed by atoms with Crippen LogP contribution in [0.1, 0.15) is 20.1 Å². The van der Waals surface area contributed by atoms with Gasteiger partial charge in [0.2, 0.25) is 0 Å². The highest BCUT2D eigenvalue weighted by molar-refractivity contribution is 14.1. The molecule has 9 heteroatoms. The van der Waals surface area contributed by atoms with Crippen molar-refractivity contribution in [2.75, 3.05) is 4.43 Å². The molecule has 2 fully saturated rings. The minimum atomic E-state index is -0.739. The molecule has 0 radical (unpaired) electrons. The summed E-state index contributed by atoms with van der Waals surface area (Å²) in [7, 11) is 0.